The summed E-state index contributed by atoms with van der Waals surface area (Å²) in [6.07, 6.45) is 6.07. The van der Waals surface area contributed by atoms with Gasteiger partial charge in [0, 0.05) is 49.3 Å². The van der Waals surface area contributed by atoms with Gasteiger partial charge >= 0.3 is 0 Å². The molecule has 1 fully saturated rings. The molecule has 0 bridgehead atoms. The van der Waals surface area contributed by atoms with Crippen molar-refractivity contribution in [2.45, 2.75) is 25.4 Å². The van der Waals surface area contributed by atoms with Crippen LogP contribution in [0.3, 0.4) is 0 Å². The van der Waals surface area contributed by atoms with Crippen LogP contribution in [-0.2, 0) is 6.54 Å². The Bertz CT molecular complexity index is 837. The van der Waals surface area contributed by atoms with Crippen molar-refractivity contribution < 1.29 is 4.74 Å². The molecule has 1 aliphatic heterocycles. The van der Waals surface area contributed by atoms with Gasteiger partial charge in [-0.1, -0.05) is 18.2 Å². The number of aromatic nitrogens is 2. The van der Waals surface area contributed by atoms with Crippen LogP contribution in [-0.4, -0.2) is 36.0 Å². The van der Waals surface area contributed by atoms with E-state index in [4.69, 9.17) is 4.74 Å². The first-order valence-corrected chi connectivity index (χ1v) is 9.54. The third-order valence-electron chi connectivity index (χ3n) is 5.25. The van der Waals surface area contributed by atoms with Gasteiger partial charge in [-0.15, -0.1) is 0 Å². The maximum atomic E-state index is 5.44. The Kier molecular flexibility index (Phi) is 5.39. The smallest absolute Gasteiger partial charge is 0.123 e. The second-order valence-electron chi connectivity index (χ2n) is 6.92. The highest BCUT2D eigenvalue weighted by molar-refractivity contribution is 5.51. The summed E-state index contributed by atoms with van der Waals surface area (Å²) in [5.41, 5.74) is 3.60. The molecule has 0 atom stereocenters. The molecule has 1 aliphatic rings. The molecule has 5 heteroatoms. The average molecular weight is 362 g/mol. The van der Waals surface area contributed by atoms with E-state index < -0.39 is 0 Å². The van der Waals surface area contributed by atoms with Crippen molar-refractivity contribution in [1.82, 2.24) is 15.1 Å². The van der Waals surface area contributed by atoms with Crippen molar-refractivity contribution in [3.8, 4) is 11.4 Å². The molecule has 1 N–H and O–H groups in total. The molecule has 3 aromatic rings. The number of rotatable bonds is 6. The largest absolute Gasteiger partial charge is 0.496 e. The Labute approximate surface area is 160 Å². The summed E-state index contributed by atoms with van der Waals surface area (Å²) < 4.78 is 7.33. The van der Waals surface area contributed by atoms with Crippen LogP contribution in [0.4, 0.5) is 5.69 Å². The first kappa shape index (κ1) is 17.6. The summed E-state index contributed by atoms with van der Waals surface area (Å²) >= 11 is 0. The Morgan fingerprint density at radius 2 is 1.74 bits per heavy atom. The molecule has 0 radical (unpaired) electrons. The summed E-state index contributed by atoms with van der Waals surface area (Å²) in [6, 6.07) is 19.4. The maximum absolute atomic E-state index is 5.44. The summed E-state index contributed by atoms with van der Waals surface area (Å²) in [6.45, 7) is 3.00. The van der Waals surface area contributed by atoms with Gasteiger partial charge in [0.05, 0.1) is 12.8 Å². The highest BCUT2D eigenvalue weighted by Gasteiger charge is 2.19. The fraction of sp³-hybridized carbons (Fsp3) is 0.318. The quantitative estimate of drug-likeness (QED) is 0.727. The minimum absolute atomic E-state index is 0.550. The van der Waals surface area contributed by atoms with E-state index in [0.29, 0.717) is 6.04 Å². The molecule has 140 valence electrons. The van der Waals surface area contributed by atoms with Crippen LogP contribution in [0.2, 0.25) is 0 Å². The lowest BCUT2D eigenvalue weighted by Gasteiger charge is -2.34. The number of nitrogens with one attached hydrogen (secondary N) is 1. The molecule has 4 rings (SSSR count). The van der Waals surface area contributed by atoms with E-state index in [-0.39, 0.29) is 0 Å². The lowest BCUT2D eigenvalue weighted by atomic mass is 10.0. The first-order valence-electron chi connectivity index (χ1n) is 9.54. The number of nitrogens with zero attached hydrogens (tertiary/aromatic N) is 3. The van der Waals surface area contributed by atoms with Crippen LogP contribution < -0.4 is 15.0 Å². The minimum atomic E-state index is 0.550. The molecule has 2 aromatic carbocycles. The molecule has 2 heterocycles. The Hall–Kier alpha value is -2.79. The molecule has 5 nitrogen and oxygen atoms in total. The fourth-order valence-electron chi connectivity index (χ4n) is 3.68. The standard InChI is InChI=1S/C22H26N4O/c1-27-22-6-3-2-5-18(22)17-23-19-11-15-25(16-12-19)20-7-9-21(10-8-20)26-14-4-13-24-26/h2-10,13-14,19,23H,11-12,15-17H2,1H3. The molecule has 27 heavy (non-hydrogen) atoms. The predicted molar refractivity (Wildman–Crippen MR) is 109 cm³/mol. The molecular formula is C22H26N4O. The number of hydrogen-bond donors (Lipinski definition) is 1. The van der Waals surface area contributed by atoms with E-state index in [1.807, 2.05) is 29.1 Å². The van der Waals surface area contributed by atoms with Crippen molar-refractivity contribution in [2.24, 2.45) is 0 Å². The first-order chi connectivity index (χ1) is 13.3. The molecule has 1 saturated heterocycles. The normalized spacial score (nSPS) is 15.1. The third kappa shape index (κ3) is 4.14. The van der Waals surface area contributed by atoms with Gasteiger partial charge in [-0.3, -0.25) is 0 Å². The summed E-state index contributed by atoms with van der Waals surface area (Å²) in [5.74, 6) is 0.958. The van der Waals surface area contributed by atoms with Crippen LogP contribution in [0.15, 0.2) is 67.0 Å². The van der Waals surface area contributed by atoms with Gasteiger partial charge in [-0.25, -0.2) is 4.68 Å². The van der Waals surface area contributed by atoms with Crippen LogP contribution in [0.5, 0.6) is 5.75 Å². The number of anilines is 1. The van der Waals surface area contributed by atoms with Crippen molar-refractivity contribution in [1.29, 1.82) is 0 Å². The van der Waals surface area contributed by atoms with Crippen LogP contribution in [0.1, 0.15) is 18.4 Å². The number of para-hydroxylation sites is 1. The van der Waals surface area contributed by atoms with E-state index in [9.17, 15) is 0 Å². The van der Waals surface area contributed by atoms with Gasteiger partial charge in [0.2, 0.25) is 0 Å². The lowest BCUT2D eigenvalue weighted by molar-refractivity contribution is 0.391. The zero-order chi connectivity index (χ0) is 18.5. The zero-order valence-electron chi connectivity index (χ0n) is 15.7. The van der Waals surface area contributed by atoms with Gasteiger partial charge in [0.1, 0.15) is 5.75 Å². The van der Waals surface area contributed by atoms with Gasteiger partial charge in [0.25, 0.3) is 0 Å². The van der Waals surface area contributed by atoms with Crippen molar-refractivity contribution in [2.75, 3.05) is 25.1 Å². The topological polar surface area (TPSA) is 42.3 Å². The lowest BCUT2D eigenvalue weighted by Crippen LogP contribution is -2.42. The molecule has 0 unspecified atom stereocenters. The summed E-state index contributed by atoms with van der Waals surface area (Å²) in [4.78, 5) is 2.47. The van der Waals surface area contributed by atoms with Crippen LogP contribution >= 0.6 is 0 Å². The predicted octanol–water partition coefficient (Wildman–Crippen LogP) is 3.64. The summed E-state index contributed by atoms with van der Waals surface area (Å²) in [7, 11) is 1.73. The van der Waals surface area contributed by atoms with E-state index in [2.05, 4.69) is 51.7 Å². The second kappa shape index (κ2) is 8.27. The number of ether oxygens (including phenoxy) is 1. The Balaban J connectivity index is 1.30. The number of methoxy groups -OCH3 is 1. The van der Waals surface area contributed by atoms with Gasteiger partial charge < -0.3 is 15.0 Å². The number of hydrogen-bond acceptors (Lipinski definition) is 4. The van der Waals surface area contributed by atoms with Crippen LogP contribution in [0.25, 0.3) is 5.69 Å². The highest BCUT2D eigenvalue weighted by atomic mass is 16.5. The average Bonchev–Trinajstić information content (AvgIpc) is 3.28. The van der Waals surface area contributed by atoms with Gasteiger partial charge in [-0.05, 0) is 49.2 Å². The van der Waals surface area contributed by atoms with E-state index in [1.165, 1.54) is 11.3 Å². The fourth-order valence-corrected chi connectivity index (χ4v) is 3.68. The zero-order valence-corrected chi connectivity index (χ0v) is 15.7. The van der Waals surface area contributed by atoms with E-state index >= 15 is 0 Å². The maximum Gasteiger partial charge on any atom is 0.123 e. The number of piperidine rings is 1. The van der Waals surface area contributed by atoms with Gasteiger partial charge in [0.15, 0.2) is 0 Å². The molecule has 0 spiro atoms. The molecule has 1 aromatic heterocycles. The third-order valence-corrected chi connectivity index (χ3v) is 5.25. The highest BCUT2D eigenvalue weighted by Crippen LogP contribution is 2.22. The Morgan fingerprint density at radius 3 is 2.44 bits per heavy atom. The van der Waals surface area contributed by atoms with E-state index in [0.717, 1.165) is 43.9 Å². The van der Waals surface area contributed by atoms with Crippen LogP contribution in [0, 0.1) is 0 Å². The van der Waals surface area contributed by atoms with E-state index in [1.54, 1.807) is 13.3 Å². The monoisotopic (exact) mass is 362 g/mol. The summed E-state index contributed by atoms with van der Waals surface area (Å²) in [5, 5.41) is 7.98. The SMILES string of the molecule is COc1ccccc1CNC1CCN(c2ccc(-n3cccn3)cc2)CC1. The van der Waals surface area contributed by atoms with Crippen molar-refractivity contribution in [3.63, 3.8) is 0 Å². The van der Waals surface area contributed by atoms with Gasteiger partial charge in [-0.2, -0.15) is 5.10 Å². The molecule has 0 aliphatic carbocycles. The molecule has 0 saturated carbocycles. The second-order valence-corrected chi connectivity index (χ2v) is 6.92. The number of benzene rings is 2. The van der Waals surface area contributed by atoms with Crippen molar-refractivity contribution >= 4 is 5.69 Å². The van der Waals surface area contributed by atoms with Crippen molar-refractivity contribution in [3.05, 3.63) is 72.6 Å². The minimum Gasteiger partial charge on any atom is -0.496 e. The molecular weight excluding hydrogens is 336 g/mol. The Morgan fingerprint density at radius 1 is 1.00 bits per heavy atom. The molecule has 0 amide bonds.